The first-order valence-corrected chi connectivity index (χ1v) is 7.85. The smallest absolute Gasteiger partial charge is 0.309 e. The number of likely N-dealkylation sites (tertiary alicyclic amines) is 1. The Hall–Kier alpha value is -2.44. The zero-order chi connectivity index (χ0) is 16.4. The van der Waals surface area contributed by atoms with E-state index in [-0.39, 0.29) is 23.9 Å². The molecule has 1 saturated heterocycles. The Kier molecular flexibility index (Phi) is 4.27. The second-order valence-electron chi connectivity index (χ2n) is 6.02. The highest BCUT2D eigenvalue weighted by Gasteiger charge is 2.29. The van der Waals surface area contributed by atoms with Crippen LogP contribution in [0.15, 0.2) is 24.5 Å². The molecule has 0 bridgehead atoms. The molecule has 3 heterocycles. The Balaban J connectivity index is 1.67. The fourth-order valence-corrected chi connectivity index (χ4v) is 2.83. The van der Waals surface area contributed by atoms with E-state index in [9.17, 15) is 9.59 Å². The highest BCUT2D eigenvalue weighted by atomic mass is 16.5. The topological polar surface area (TPSA) is 76.8 Å². The summed E-state index contributed by atoms with van der Waals surface area (Å²) in [5, 5.41) is 7.78. The summed E-state index contributed by atoms with van der Waals surface area (Å²) in [4.78, 5) is 26.4. The summed E-state index contributed by atoms with van der Waals surface area (Å²) < 4.78 is 6.94. The van der Waals surface area contributed by atoms with Gasteiger partial charge in [-0.05, 0) is 38.8 Å². The fourth-order valence-electron chi connectivity index (χ4n) is 2.83. The largest absolute Gasteiger partial charge is 0.463 e. The molecule has 0 saturated carbocycles. The van der Waals surface area contributed by atoms with Crippen LogP contribution in [0.25, 0.3) is 5.65 Å². The minimum absolute atomic E-state index is 0.0638. The first-order chi connectivity index (χ1) is 11.1. The molecule has 1 aliphatic rings. The Labute approximate surface area is 134 Å². The van der Waals surface area contributed by atoms with E-state index >= 15 is 0 Å². The lowest BCUT2D eigenvalue weighted by atomic mass is 9.96. The molecule has 0 N–H and O–H groups in total. The first kappa shape index (κ1) is 15.5. The predicted molar refractivity (Wildman–Crippen MR) is 82.8 cm³/mol. The van der Waals surface area contributed by atoms with Gasteiger partial charge in [0.05, 0.1) is 12.0 Å². The molecule has 0 aromatic carbocycles. The zero-order valence-corrected chi connectivity index (χ0v) is 13.3. The molecular formula is C16H20N4O3. The van der Waals surface area contributed by atoms with Gasteiger partial charge in [-0.3, -0.25) is 14.0 Å². The van der Waals surface area contributed by atoms with Gasteiger partial charge in [-0.2, -0.15) is 0 Å². The number of carbonyl (C=O) groups excluding carboxylic acids is 2. The number of ether oxygens (including phenoxy) is 1. The Morgan fingerprint density at radius 3 is 2.70 bits per heavy atom. The predicted octanol–water partition coefficient (Wildman–Crippen LogP) is 1.53. The quantitative estimate of drug-likeness (QED) is 0.803. The van der Waals surface area contributed by atoms with Crippen LogP contribution in [0.5, 0.6) is 0 Å². The van der Waals surface area contributed by atoms with Crippen LogP contribution in [0.1, 0.15) is 37.2 Å². The lowest BCUT2D eigenvalue weighted by Crippen LogP contribution is -2.41. The second kappa shape index (κ2) is 6.36. The summed E-state index contributed by atoms with van der Waals surface area (Å²) in [6.07, 6.45) is 2.70. The summed E-state index contributed by atoms with van der Waals surface area (Å²) in [5.74, 6) is -0.341. The van der Waals surface area contributed by atoms with Gasteiger partial charge in [0, 0.05) is 13.1 Å². The van der Waals surface area contributed by atoms with Crippen molar-refractivity contribution >= 4 is 17.5 Å². The number of carbonyl (C=O) groups is 2. The van der Waals surface area contributed by atoms with Gasteiger partial charge in [0.1, 0.15) is 12.0 Å². The van der Waals surface area contributed by atoms with Crippen molar-refractivity contribution in [2.45, 2.75) is 32.8 Å². The van der Waals surface area contributed by atoms with Gasteiger partial charge < -0.3 is 9.64 Å². The van der Waals surface area contributed by atoms with Gasteiger partial charge in [-0.15, -0.1) is 10.2 Å². The summed E-state index contributed by atoms with van der Waals surface area (Å²) >= 11 is 0. The highest BCUT2D eigenvalue weighted by Crippen LogP contribution is 2.21. The lowest BCUT2D eigenvalue weighted by molar-refractivity contribution is -0.153. The van der Waals surface area contributed by atoms with Crippen molar-refractivity contribution in [3.05, 3.63) is 30.2 Å². The molecule has 3 rings (SSSR count). The Morgan fingerprint density at radius 1 is 1.26 bits per heavy atom. The van der Waals surface area contributed by atoms with Crippen molar-refractivity contribution in [3.63, 3.8) is 0 Å². The van der Waals surface area contributed by atoms with Gasteiger partial charge in [0.2, 0.25) is 0 Å². The minimum Gasteiger partial charge on any atom is -0.463 e. The molecule has 23 heavy (non-hydrogen) atoms. The monoisotopic (exact) mass is 316 g/mol. The third kappa shape index (κ3) is 3.18. The maximum Gasteiger partial charge on any atom is 0.309 e. The van der Waals surface area contributed by atoms with E-state index < -0.39 is 0 Å². The van der Waals surface area contributed by atoms with Crippen molar-refractivity contribution in [1.82, 2.24) is 19.5 Å². The maximum atomic E-state index is 12.7. The molecule has 1 amide bonds. The van der Waals surface area contributed by atoms with Gasteiger partial charge in [-0.1, -0.05) is 6.07 Å². The molecule has 7 nitrogen and oxygen atoms in total. The average molecular weight is 316 g/mol. The molecule has 1 aliphatic heterocycles. The second-order valence-corrected chi connectivity index (χ2v) is 6.02. The third-order valence-electron chi connectivity index (χ3n) is 4.02. The van der Waals surface area contributed by atoms with Crippen LogP contribution >= 0.6 is 0 Å². The number of amides is 1. The molecule has 0 atom stereocenters. The Morgan fingerprint density at radius 2 is 2.00 bits per heavy atom. The van der Waals surface area contributed by atoms with Crippen LogP contribution in [0, 0.1) is 5.92 Å². The maximum absolute atomic E-state index is 12.7. The Bertz CT molecular complexity index is 717. The molecule has 2 aromatic heterocycles. The zero-order valence-electron chi connectivity index (χ0n) is 13.3. The van der Waals surface area contributed by atoms with Crippen molar-refractivity contribution in [2.24, 2.45) is 5.92 Å². The number of aromatic nitrogens is 3. The van der Waals surface area contributed by atoms with Crippen LogP contribution < -0.4 is 0 Å². The fraction of sp³-hybridized carbons (Fsp3) is 0.500. The summed E-state index contributed by atoms with van der Waals surface area (Å²) in [6, 6.07) is 5.36. The van der Waals surface area contributed by atoms with E-state index in [4.69, 9.17) is 4.74 Å². The van der Waals surface area contributed by atoms with E-state index in [0.717, 1.165) is 0 Å². The molecule has 1 fully saturated rings. The van der Waals surface area contributed by atoms with Crippen molar-refractivity contribution in [1.29, 1.82) is 0 Å². The van der Waals surface area contributed by atoms with Crippen molar-refractivity contribution in [3.8, 4) is 0 Å². The van der Waals surface area contributed by atoms with Crippen molar-refractivity contribution < 1.29 is 14.3 Å². The number of nitrogens with zero attached hydrogens (tertiary/aromatic N) is 4. The lowest BCUT2D eigenvalue weighted by Gasteiger charge is -2.31. The molecule has 7 heteroatoms. The van der Waals surface area contributed by atoms with E-state index in [0.29, 0.717) is 37.3 Å². The molecule has 0 spiro atoms. The standard InChI is InChI=1S/C16H20N4O3/c1-11(2)23-16(22)12-6-8-19(9-7-12)15(21)13-4-3-5-14-18-17-10-20(13)14/h3-5,10-12H,6-9H2,1-2H3. The number of esters is 1. The number of hydrogen-bond acceptors (Lipinski definition) is 5. The number of hydrogen-bond donors (Lipinski definition) is 0. The van der Waals surface area contributed by atoms with Crippen LogP contribution in [0.4, 0.5) is 0 Å². The number of fused-ring (bicyclic) bond motifs is 1. The first-order valence-electron chi connectivity index (χ1n) is 7.85. The van der Waals surface area contributed by atoms with E-state index in [2.05, 4.69) is 10.2 Å². The van der Waals surface area contributed by atoms with Gasteiger partial charge >= 0.3 is 5.97 Å². The van der Waals surface area contributed by atoms with E-state index in [1.165, 1.54) is 6.33 Å². The molecule has 0 aliphatic carbocycles. The summed E-state index contributed by atoms with van der Waals surface area (Å²) in [5.41, 5.74) is 1.18. The number of piperidine rings is 1. The van der Waals surface area contributed by atoms with E-state index in [1.54, 1.807) is 27.5 Å². The van der Waals surface area contributed by atoms with Gasteiger partial charge in [0.15, 0.2) is 5.65 Å². The van der Waals surface area contributed by atoms with Crippen LogP contribution in [-0.4, -0.2) is 50.6 Å². The SMILES string of the molecule is CC(C)OC(=O)C1CCN(C(=O)c2cccc3nncn23)CC1. The van der Waals surface area contributed by atoms with Crippen LogP contribution in [0.2, 0.25) is 0 Å². The molecule has 0 radical (unpaired) electrons. The van der Waals surface area contributed by atoms with E-state index in [1.807, 2.05) is 13.8 Å². The van der Waals surface area contributed by atoms with Crippen molar-refractivity contribution in [2.75, 3.05) is 13.1 Å². The third-order valence-corrected chi connectivity index (χ3v) is 4.02. The van der Waals surface area contributed by atoms with Crippen LogP contribution in [-0.2, 0) is 9.53 Å². The molecule has 0 unspecified atom stereocenters. The minimum atomic E-state index is -0.159. The van der Waals surface area contributed by atoms with Gasteiger partial charge in [-0.25, -0.2) is 0 Å². The number of rotatable bonds is 3. The highest BCUT2D eigenvalue weighted by molar-refractivity contribution is 5.93. The summed E-state index contributed by atoms with van der Waals surface area (Å²) in [7, 11) is 0. The number of pyridine rings is 1. The van der Waals surface area contributed by atoms with Crippen LogP contribution in [0.3, 0.4) is 0 Å². The average Bonchev–Trinajstić information content (AvgIpc) is 3.02. The molecule has 2 aromatic rings. The summed E-state index contributed by atoms with van der Waals surface area (Å²) in [6.45, 7) is 4.79. The molecular weight excluding hydrogens is 296 g/mol. The molecule has 122 valence electrons. The van der Waals surface area contributed by atoms with Gasteiger partial charge in [0.25, 0.3) is 5.91 Å². The normalized spacial score (nSPS) is 16.0.